The predicted octanol–water partition coefficient (Wildman–Crippen LogP) is 2.08. The quantitative estimate of drug-likeness (QED) is 0.883. The highest BCUT2D eigenvalue weighted by molar-refractivity contribution is 5.92. The van der Waals surface area contributed by atoms with Crippen molar-refractivity contribution >= 4 is 17.3 Å². The Morgan fingerprint density at radius 3 is 2.45 bits per heavy atom. The molecule has 20 heavy (non-hydrogen) atoms. The fourth-order valence-electron chi connectivity index (χ4n) is 2.87. The van der Waals surface area contributed by atoms with Crippen LogP contribution < -0.4 is 15.5 Å². The van der Waals surface area contributed by atoms with Gasteiger partial charge in [-0.15, -0.1) is 0 Å². The standard InChI is InChI=1S/C16H23N3O/c1-12(13-10-17-11-13)16(20)18-14-4-6-15(7-5-14)19-8-2-3-9-19/h4-7,12-13,17H,2-3,8-11H2,1H3,(H,18,20). The van der Waals surface area contributed by atoms with Gasteiger partial charge in [-0.3, -0.25) is 4.79 Å². The molecule has 1 aromatic rings. The number of hydrogen-bond donors (Lipinski definition) is 2. The summed E-state index contributed by atoms with van der Waals surface area (Å²) in [4.78, 5) is 14.5. The van der Waals surface area contributed by atoms with E-state index in [2.05, 4.69) is 27.7 Å². The maximum absolute atomic E-state index is 12.1. The van der Waals surface area contributed by atoms with Crippen molar-refractivity contribution in [1.82, 2.24) is 5.32 Å². The minimum atomic E-state index is 0.0782. The fourth-order valence-corrected chi connectivity index (χ4v) is 2.87. The van der Waals surface area contributed by atoms with E-state index in [1.165, 1.54) is 18.5 Å². The van der Waals surface area contributed by atoms with Gasteiger partial charge in [-0.2, -0.15) is 0 Å². The minimum absolute atomic E-state index is 0.0782. The van der Waals surface area contributed by atoms with E-state index in [0.29, 0.717) is 5.92 Å². The number of hydrogen-bond acceptors (Lipinski definition) is 3. The van der Waals surface area contributed by atoms with Crippen molar-refractivity contribution in [3.8, 4) is 0 Å². The van der Waals surface area contributed by atoms with Gasteiger partial charge in [-0.05, 0) is 56.1 Å². The number of anilines is 2. The fraction of sp³-hybridized carbons (Fsp3) is 0.562. The van der Waals surface area contributed by atoms with E-state index in [1.807, 2.05) is 19.1 Å². The lowest BCUT2D eigenvalue weighted by atomic mass is 9.88. The Kier molecular flexibility index (Phi) is 3.92. The number of nitrogens with one attached hydrogen (secondary N) is 2. The van der Waals surface area contributed by atoms with Crippen molar-refractivity contribution in [3.05, 3.63) is 24.3 Å². The number of rotatable bonds is 4. The van der Waals surface area contributed by atoms with Crippen LogP contribution in [0.5, 0.6) is 0 Å². The van der Waals surface area contributed by atoms with Crippen molar-refractivity contribution in [2.45, 2.75) is 19.8 Å². The van der Waals surface area contributed by atoms with Gasteiger partial charge in [0.05, 0.1) is 0 Å². The molecule has 0 aliphatic carbocycles. The van der Waals surface area contributed by atoms with Crippen LogP contribution in [0.2, 0.25) is 0 Å². The highest BCUT2D eigenvalue weighted by atomic mass is 16.1. The number of carbonyl (C=O) groups is 1. The molecule has 1 unspecified atom stereocenters. The van der Waals surface area contributed by atoms with Crippen LogP contribution in [0.25, 0.3) is 0 Å². The van der Waals surface area contributed by atoms with Crippen molar-refractivity contribution in [2.24, 2.45) is 11.8 Å². The third-order valence-electron chi connectivity index (χ3n) is 4.54. The first kappa shape index (κ1) is 13.4. The monoisotopic (exact) mass is 273 g/mol. The van der Waals surface area contributed by atoms with Crippen LogP contribution in [0.3, 0.4) is 0 Å². The number of carbonyl (C=O) groups excluding carboxylic acids is 1. The molecule has 0 radical (unpaired) electrons. The lowest BCUT2D eigenvalue weighted by Gasteiger charge is -2.31. The topological polar surface area (TPSA) is 44.4 Å². The molecule has 1 aromatic carbocycles. The molecular weight excluding hydrogens is 250 g/mol. The van der Waals surface area contributed by atoms with E-state index in [9.17, 15) is 4.79 Å². The Morgan fingerprint density at radius 1 is 1.25 bits per heavy atom. The third-order valence-corrected chi connectivity index (χ3v) is 4.54. The summed E-state index contributed by atoms with van der Waals surface area (Å²) in [6.07, 6.45) is 2.57. The Hall–Kier alpha value is -1.55. The zero-order valence-electron chi connectivity index (χ0n) is 12.1. The van der Waals surface area contributed by atoms with Gasteiger partial charge >= 0.3 is 0 Å². The first-order valence-electron chi connectivity index (χ1n) is 7.60. The van der Waals surface area contributed by atoms with Crippen molar-refractivity contribution in [1.29, 1.82) is 0 Å². The first-order chi connectivity index (χ1) is 9.74. The lowest BCUT2D eigenvalue weighted by molar-refractivity contribution is -0.121. The normalized spacial score (nSPS) is 20.6. The Morgan fingerprint density at radius 2 is 1.90 bits per heavy atom. The van der Waals surface area contributed by atoms with Crippen LogP contribution in [0.4, 0.5) is 11.4 Å². The third kappa shape index (κ3) is 2.80. The summed E-state index contributed by atoms with van der Waals surface area (Å²) in [6, 6.07) is 8.24. The molecule has 4 heteroatoms. The molecule has 3 rings (SSSR count). The second-order valence-electron chi connectivity index (χ2n) is 5.94. The zero-order chi connectivity index (χ0) is 13.9. The van der Waals surface area contributed by atoms with Gasteiger partial charge in [0.15, 0.2) is 0 Å². The molecule has 2 N–H and O–H groups in total. The van der Waals surface area contributed by atoms with E-state index in [1.54, 1.807) is 0 Å². The Labute approximate surface area is 120 Å². The smallest absolute Gasteiger partial charge is 0.227 e. The summed E-state index contributed by atoms with van der Waals surface area (Å²) < 4.78 is 0. The molecule has 2 aliphatic heterocycles. The van der Waals surface area contributed by atoms with Crippen molar-refractivity contribution < 1.29 is 4.79 Å². The van der Waals surface area contributed by atoms with E-state index in [-0.39, 0.29) is 11.8 Å². The summed E-state index contributed by atoms with van der Waals surface area (Å²) in [6.45, 7) is 6.24. The van der Waals surface area contributed by atoms with Gasteiger partial charge in [0.2, 0.25) is 5.91 Å². The molecule has 1 amide bonds. The first-order valence-corrected chi connectivity index (χ1v) is 7.60. The summed E-state index contributed by atoms with van der Waals surface area (Å²) in [5.41, 5.74) is 2.16. The highest BCUT2D eigenvalue weighted by Gasteiger charge is 2.28. The van der Waals surface area contributed by atoms with E-state index in [4.69, 9.17) is 0 Å². The van der Waals surface area contributed by atoms with Crippen molar-refractivity contribution in [3.63, 3.8) is 0 Å². The number of amides is 1. The van der Waals surface area contributed by atoms with Crippen molar-refractivity contribution in [2.75, 3.05) is 36.4 Å². The maximum Gasteiger partial charge on any atom is 0.227 e. The second kappa shape index (κ2) is 5.83. The largest absolute Gasteiger partial charge is 0.372 e. The average molecular weight is 273 g/mol. The lowest BCUT2D eigenvalue weighted by Crippen LogP contribution is -2.48. The molecule has 2 saturated heterocycles. The number of nitrogens with zero attached hydrogens (tertiary/aromatic N) is 1. The average Bonchev–Trinajstić information content (AvgIpc) is 2.91. The molecule has 2 aliphatic rings. The molecule has 2 heterocycles. The van der Waals surface area contributed by atoms with Crippen LogP contribution in [0.1, 0.15) is 19.8 Å². The van der Waals surface area contributed by atoms with Gasteiger partial charge in [0, 0.05) is 30.4 Å². The Balaban J connectivity index is 1.58. The van der Waals surface area contributed by atoms with Gasteiger partial charge < -0.3 is 15.5 Å². The van der Waals surface area contributed by atoms with Crippen LogP contribution in [-0.2, 0) is 4.79 Å². The van der Waals surface area contributed by atoms with Crippen LogP contribution in [-0.4, -0.2) is 32.1 Å². The molecule has 0 spiro atoms. The second-order valence-corrected chi connectivity index (χ2v) is 5.94. The molecule has 0 saturated carbocycles. The molecule has 4 nitrogen and oxygen atoms in total. The molecule has 108 valence electrons. The summed E-state index contributed by atoms with van der Waals surface area (Å²) >= 11 is 0. The van der Waals surface area contributed by atoms with Crippen LogP contribution in [0, 0.1) is 11.8 Å². The number of benzene rings is 1. The summed E-state index contributed by atoms with van der Waals surface area (Å²) in [7, 11) is 0. The van der Waals surface area contributed by atoms with E-state index in [0.717, 1.165) is 31.9 Å². The van der Waals surface area contributed by atoms with Gasteiger partial charge in [0.1, 0.15) is 0 Å². The molecular formula is C16H23N3O. The highest BCUT2D eigenvalue weighted by Crippen LogP contribution is 2.23. The SMILES string of the molecule is CC(C(=O)Nc1ccc(N2CCCC2)cc1)C1CNC1. The van der Waals surface area contributed by atoms with E-state index >= 15 is 0 Å². The zero-order valence-corrected chi connectivity index (χ0v) is 12.1. The summed E-state index contributed by atoms with van der Waals surface area (Å²) in [5.74, 6) is 0.693. The molecule has 1 atom stereocenters. The molecule has 0 bridgehead atoms. The summed E-state index contributed by atoms with van der Waals surface area (Å²) in [5, 5.41) is 6.24. The maximum atomic E-state index is 12.1. The van der Waals surface area contributed by atoms with Gasteiger partial charge in [0.25, 0.3) is 0 Å². The molecule has 0 aromatic heterocycles. The van der Waals surface area contributed by atoms with Gasteiger partial charge in [-0.1, -0.05) is 6.92 Å². The van der Waals surface area contributed by atoms with Gasteiger partial charge in [-0.25, -0.2) is 0 Å². The minimum Gasteiger partial charge on any atom is -0.372 e. The Bertz CT molecular complexity index is 461. The predicted molar refractivity (Wildman–Crippen MR) is 82.0 cm³/mol. The van der Waals surface area contributed by atoms with Crippen LogP contribution >= 0.6 is 0 Å². The van der Waals surface area contributed by atoms with E-state index < -0.39 is 0 Å². The van der Waals surface area contributed by atoms with Crippen LogP contribution in [0.15, 0.2) is 24.3 Å². The molecule has 2 fully saturated rings.